The summed E-state index contributed by atoms with van der Waals surface area (Å²) in [6.45, 7) is 1.83. The minimum atomic E-state index is -0.256. The lowest BCUT2D eigenvalue weighted by Crippen LogP contribution is -2.17. The van der Waals surface area contributed by atoms with Crippen molar-refractivity contribution >= 4 is 16.8 Å². The third kappa shape index (κ3) is 3.40. The summed E-state index contributed by atoms with van der Waals surface area (Å²) in [4.78, 5) is 24.9. The molecule has 0 fully saturated rings. The summed E-state index contributed by atoms with van der Waals surface area (Å²) < 4.78 is 16.6. The number of methoxy groups -OCH3 is 1. The number of Topliss-reactive ketones (excluding diaryl/α,β-unsaturated/α-hetero) is 1. The van der Waals surface area contributed by atoms with E-state index in [1.165, 1.54) is 0 Å². The zero-order valence-electron chi connectivity index (χ0n) is 16.0. The van der Waals surface area contributed by atoms with Gasteiger partial charge in [0, 0.05) is 11.1 Å². The smallest absolute Gasteiger partial charge is 0.339 e. The number of hydrogen-bond donors (Lipinski definition) is 0. The van der Waals surface area contributed by atoms with Crippen LogP contribution >= 0.6 is 0 Å². The van der Waals surface area contributed by atoms with Crippen molar-refractivity contribution in [3.8, 4) is 11.5 Å². The second kappa shape index (κ2) is 7.50. The topological polar surface area (TPSA) is 65.7 Å². The molecule has 0 N–H and O–H groups in total. The number of fused-ring (bicyclic) bond motifs is 3. The lowest BCUT2D eigenvalue weighted by Gasteiger charge is -2.18. The Balaban J connectivity index is 1.68. The monoisotopic (exact) mass is 378 g/mol. The fraction of sp³-hybridized carbons (Fsp3) is 0.304. The summed E-state index contributed by atoms with van der Waals surface area (Å²) in [6, 6.07) is 10.7. The third-order valence-corrected chi connectivity index (χ3v) is 5.20. The number of carbonyl (C=O) groups is 1. The Hall–Kier alpha value is -3.08. The summed E-state index contributed by atoms with van der Waals surface area (Å²) in [7, 11) is 1.59. The van der Waals surface area contributed by atoms with Gasteiger partial charge in [0.15, 0.2) is 12.4 Å². The number of aryl methyl sites for hydroxylation is 2. The van der Waals surface area contributed by atoms with E-state index in [1.54, 1.807) is 31.4 Å². The van der Waals surface area contributed by atoms with E-state index in [0.717, 1.165) is 47.8 Å². The first-order valence-corrected chi connectivity index (χ1v) is 9.46. The number of ketones is 1. The molecule has 0 radical (unpaired) electrons. The molecular formula is C23H22O5. The summed E-state index contributed by atoms with van der Waals surface area (Å²) in [5.41, 5.74) is 3.49. The molecule has 4 rings (SSSR count). The molecule has 5 nitrogen and oxygen atoms in total. The number of carbonyl (C=O) groups excluding carboxylic acids is 1. The predicted molar refractivity (Wildman–Crippen MR) is 107 cm³/mol. The zero-order chi connectivity index (χ0) is 19.7. The van der Waals surface area contributed by atoms with Gasteiger partial charge in [0.25, 0.3) is 0 Å². The fourth-order valence-electron chi connectivity index (χ4n) is 3.78. The van der Waals surface area contributed by atoms with E-state index >= 15 is 0 Å². The highest BCUT2D eigenvalue weighted by molar-refractivity contribution is 5.97. The molecule has 1 heterocycles. The molecule has 0 aliphatic heterocycles. The molecule has 1 aliphatic rings. The molecule has 144 valence electrons. The Labute approximate surface area is 162 Å². The van der Waals surface area contributed by atoms with Gasteiger partial charge in [-0.05, 0) is 80.1 Å². The van der Waals surface area contributed by atoms with Crippen LogP contribution in [0.25, 0.3) is 11.0 Å². The van der Waals surface area contributed by atoms with Crippen molar-refractivity contribution in [1.82, 2.24) is 0 Å². The van der Waals surface area contributed by atoms with E-state index in [0.29, 0.717) is 22.6 Å². The first-order valence-electron chi connectivity index (χ1n) is 9.46. The predicted octanol–water partition coefficient (Wildman–Crippen LogP) is 4.25. The average molecular weight is 378 g/mol. The molecule has 1 aliphatic carbocycles. The Morgan fingerprint density at radius 2 is 1.79 bits per heavy atom. The van der Waals surface area contributed by atoms with Crippen LogP contribution in [0.15, 0.2) is 45.6 Å². The van der Waals surface area contributed by atoms with Crippen molar-refractivity contribution in [2.45, 2.75) is 32.6 Å². The summed E-state index contributed by atoms with van der Waals surface area (Å²) >= 11 is 0. The Morgan fingerprint density at radius 1 is 1.07 bits per heavy atom. The highest BCUT2D eigenvalue weighted by atomic mass is 16.5. The van der Waals surface area contributed by atoms with Gasteiger partial charge < -0.3 is 13.9 Å². The molecule has 5 heteroatoms. The van der Waals surface area contributed by atoms with Crippen LogP contribution in [-0.2, 0) is 12.8 Å². The molecule has 0 unspecified atom stereocenters. The van der Waals surface area contributed by atoms with Gasteiger partial charge in [0.2, 0.25) is 0 Å². The van der Waals surface area contributed by atoms with Crippen LogP contribution in [0.2, 0.25) is 0 Å². The van der Waals surface area contributed by atoms with Gasteiger partial charge in [-0.1, -0.05) is 0 Å². The average Bonchev–Trinajstić information content (AvgIpc) is 2.71. The van der Waals surface area contributed by atoms with Crippen molar-refractivity contribution < 1.29 is 18.7 Å². The number of rotatable bonds is 5. The van der Waals surface area contributed by atoms with Gasteiger partial charge in [-0.3, -0.25) is 4.79 Å². The van der Waals surface area contributed by atoms with Gasteiger partial charge >= 0.3 is 5.63 Å². The van der Waals surface area contributed by atoms with Crippen LogP contribution in [0.4, 0.5) is 0 Å². The van der Waals surface area contributed by atoms with Crippen LogP contribution in [-0.4, -0.2) is 19.5 Å². The van der Waals surface area contributed by atoms with E-state index in [2.05, 4.69) is 0 Å². The molecule has 0 bridgehead atoms. The minimum absolute atomic E-state index is 0.0845. The van der Waals surface area contributed by atoms with Gasteiger partial charge in [0.05, 0.1) is 12.5 Å². The molecule has 3 aromatic rings. The van der Waals surface area contributed by atoms with E-state index in [4.69, 9.17) is 13.9 Å². The minimum Gasteiger partial charge on any atom is -0.497 e. The molecule has 1 aromatic heterocycles. The van der Waals surface area contributed by atoms with Crippen molar-refractivity contribution in [3.63, 3.8) is 0 Å². The number of benzene rings is 2. The molecule has 2 aromatic carbocycles. The van der Waals surface area contributed by atoms with Crippen molar-refractivity contribution in [2.75, 3.05) is 13.7 Å². The summed E-state index contributed by atoms with van der Waals surface area (Å²) in [5.74, 6) is 1.17. The van der Waals surface area contributed by atoms with Crippen LogP contribution in [0, 0.1) is 6.92 Å². The summed E-state index contributed by atoms with van der Waals surface area (Å²) in [5, 5.41) is 0.822. The molecular weight excluding hydrogens is 356 g/mol. The van der Waals surface area contributed by atoms with Crippen molar-refractivity contribution in [3.05, 3.63) is 69.1 Å². The summed E-state index contributed by atoms with van der Waals surface area (Å²) in [6.07, 6.45) is 3.57. The maximum atomic E-state index is 12.5. The lowest BCUT2D eigenvalue weighted by molar-refractivity contribution is 0.0922. The first kappa shape index (κ1) is 18.3. The van der Waals surface area contributed by atoms with E-state index in [-0.39, 0.29) is 18.0 Å². The van der Waals surface area contributed by atoms with Crippen LogP contribution in [0.5, 0.6) is 11.5 Å². The third-order valence-electron chi connectivity index (χ3n) is 5.20. The molecule has 0 spiro atoms. The SMILES string of the molecule is COc1ccc(C(=O)COc2cc(C)cc3oc(=O)c4c(c23)CCCC4)cc1. The van der Waals surface area contributed by atoms with Crippen molar-refractivity contribution in [2.24, 2.45) is 0 Å². The Kier molecular flexibility index (Phi) is 4.90. The quantitative estimate of drug-likeness (QED) is 0.490. The standard InChI is InChI=1S/C23H22O5/c1-14-11-20(27-13-19(24)15-7-9-16(26-2)10-8-15)22-17-5-3-4-6-18(17)23(25)28-21(22)12-14/h7-12H,3-6,13H2,1-2H3. The van der Waals surface area contributed by atoms with Gasteiger partial charge in [-0.2, -0.15) is 0 Å². The molecule has 0 saturated carbocycles. The number of ether oxygens (including phenoxy) is 2. The highest BCUT2D eigenvalue weighted by Gasteiger charge is 2.21. The molecule has 0 amide bonds. The maximum absolute atomic E-state index is 12.5. The molecule has 28 heavy (non-hydrogen) atoms. The van der Waals surface area contributed by atoms with E-state index < -0.39 is 0 Å². The normalized spacial score (nSPS) is 13.2. The van der Waals surface area contributed by atoms with Crippen molar-refractivity contribution in [1.29, 1.82) is 0 Å². The molecule has 0 saturated heterocycles. The van der Waals surface area contributed by atoms with E-state index in [1.807, 2.05) is 19.1 Å². The van der Waals surface area contributed by atoms with Crippen LogP contribution in [0.3, 0.4) is 0 Å². The Bertz CT molecular complexity index is 1090. The Morgan fingerprint density at radius 3 is 2.50 bits per heavy atom. The lowest BCUT2D eigenvalue weighted by atomic mass is 9.90. The van der Waals surface area contributed by atoms with Gasteiger partial charge in [-0.25, -0.2) is 4.79 Å². The zero-order valence-corrected chi connectivity index (χ0v) is 16.0. The molecule has 0 atom stereocenters. The maximum Gasteiger partial charge on any atom is 0.339 e. The number of hydrogen-bond acceptors (Lipinski definition) is 5. The second-order valence-corrected chi connectivity index (χ2v) is 7.13. The van der Waals surface area contributed by atoms with Gasteiger partial charge in [0.1, 0.15) is 17.1 Å². The van der Waals surface area contributed by atoms with Crippen LogP contribution in [0.1, 0.15) is 39.9 Å². The van der Waals surface area contributed by atoms with Gasteiger partial charge in [-0.15, -0.1) is 0 Å². The fourth-order valence-corrected chi connectivity index (χ4v) is 3.78. The van der Waals surface area contributed by atoms with Crippen LogP contribution < -0.4 is 15.1 Å². The first-order chi connectivity index (χ1) is 13.6. The second-order valence-electron chi connectivity index (χ2n) is 7.13. The largest absolute Gasteiger partial charge is 0.497 e. The van der Waals surface area contributed by atoms with E-state index in [9.17, 15) is 9.59 Å². The highest BCUT2D eigenvalue weighted by Crippen LogP contribution is 2.34.